The number of carbonyl (C=O) groups excluding carboxylic acids is 1. The summed E-state index contributed by atoms with van der Waals surface area (Å²) in [6.07, 6.45) is 5.97. The lowest BCUT2D eigenvalue weighted by Crippen LogP contribution is -2.08. The zero-order valence-electron chi connectivity index (χ0n) is 17.0. The maximum Gasteiger partial charge on any atom is 0.250 e. The van der Waals surface area contributed by atoms with Crippen LogP contribution in [0.2, 0.25) is 0 Å². The minimum absolute atomic E-state index is 0.206. The summed E-state index contributed by atoms with van der Waals surface area (Å²) in [6, 6.07) is 11.9. The predicted octanol–water partition coefficient (Wildman–Crippen LogP) is 5.97. The number of hydrogen-bond acceptors (Lipinski definition) is 5. The molecule has 0 saturated heterocycles. The number of carbonyl (C=O) groups is 1. The number of nitrogens with zero attached hydrogens (tertiary/aromatic N) is 1. The molecule has 1 aliphatic carbocycles. The first kappa shape index (κ1) is 18.9. The van der Waals surface area contributed by atoms with Gasteiger partial charge in [-0.25, -0.2) is 4.98 Å². The molecule has 0 radical (unpaired) electrons. The number of fused-ring (bicyclic) bond motifs is 4. The Morgan fingerprint density at radius 3 is 2.90 bits per heavy atom. The molecule has 4 aromatic rings. The summed E-state index contributed by atoms with van der Waals surface area (Å²) < 4.78 is 12.7. The second kappa shape index (κ2) is 7.61. The molecule has 152 valence electrons. The van der Waals surface area contributed by atoms with Crippen LogP contribution in [0.25, 0.3) is 26.8 Å². The van der Waals surface area contributed by atoms with Gasteiger partial charge in [-0.15, -0.1) is 0 Å². The summed E-state index contributed by atoms with van der Waals surface area (Å²) in [5, 5.41) is 4.60. The molecule has 1 aliphatic rings. The summed E-state index contributed by atoms with van der Waals surface area (Å²) in [4.78, 5) is 17.1. The van der Waals surface area contributed by atoms with Gasteiger partial charge in [0.05, 0.1) is 17.3 Å². The Kier molecular flexibility index (Phi) is 4.79. The number of nitrogens with one attached hydrogen (secondary N) is 1. The number of ether oxygens (including phenoxy) is 1. The fourth-order valence-electron chi connectivity index (χ4n) is 4.11. The van der Waals surface area contributed by atoms with Gasteiger partial charge in [0, 0.05) is 35.1 Å². The molecule has 2 aromatic heterocycles. The maximum absolute atomic E-state index is 12.6. The van der Waals surface area contributed by atoms with Gasteiger partial charge < -0.3 is 9.15 Å². The zero-order valence-corrected chi connectivity index (χ0v) is 17.8. The molecule has 0 fully saturated rings. The second-order valence-corrected chi connectivity index (χ2v) is 8.59. The molecule has 6 heteroatoms. The standard InChI is InChI=1S/C24H22N2O3S/c1-14(11-23(27)26-24-25-18-8-4-6-10-22(18)30-24)16-12-17-15-7-3-5-9-19(15)29-21(17)13-20(16)28-2/h4,6,8,10-13H,3,5,7,9H2,1-2H3,(H,25,26,27)/b14-11+. The zero-order chi connectivity index (χ0) is 20.7. The van der Waals surface area contributed by atoms with E-state index in [0.717, 1.165) is 50.9 Å². The Hall–Kier alpha value is -3.12. The van der Waals surface area contributed by atoms with Crippen LogP contribution in [-0.4, -0.2) is 18.0 Å². The van der Waals surface area contributed by atoms with E-state index < -0.39 is 0 Å². The quantitative estimate of drug-likeness (QED) is 0.415. The molecule has 0 saturated carbocycles. The van der Waals surface area contributed by atoms with E-state index in [2.05, 4.69) is 16.4 Å². The molecule has 0 unspecified atom stereocenters. The average molecular weight is 419 g/mol. The fourth-order valence-corrected chi connectivity index (χ4v) is 4.98. The number of aromatic nitrogens is 1. The number of para-hydroxylation sites is 1. The molecule has 2 heterocycles. The smallest absolute Gasteiger partial charge is 0.250 e. The van der Waals surface area contributed by atoms with Gasteiger partial charge in [0.15, 0.2) is 5.13 Å². The highest BCUT2D eigenvalue weighted by Gasteiger charge is 2.20. The van der Waals surface area contributed by atoms with E-state index in [9.17, 15) is 4.79 Å². The van der Waals surface area contributed by atoms with Crippen LogP contribution < -0.4 is 10.1 Å². The van der Waals surface area contributed by atoms with Crippen LogP contribution in [0.5, 0.6) is 5.75 Å². The third-order valence-corrected chi connectivity index (χ3v) is 6.53. The lowest BCUT2D eigenvalue weighted by molar-refractivity contribution is -0.111. The van der Waals surface area contributed by atoms with Crippen molar-refractivity contribution in [3.05, 3.63) is 59.4 Å². The highest BCUT2D eigenvalue weighted by Crippen LogP contribution is 2.38. The topological polar surface area (TPSA) is 64.4 Å². The van der Waals surface area contributed by atoms with Crippen molar-refractivity contribution < 1.29 is 13.9 Å². The molecule has 2 aromatic carbocycles. The molecule has 1 amide bonds. The number of rotatable bonds is 4. The van der Waals surface area contributed by atoms with Crippen LogP contribution in [0.3, 0.4) is 0 Å². The molecule has 5 rings (SSSR count). The molecule has 30 heavy (non-hydrogen) atoms. The molecule has 0 aliphatic heterocycles. The SMILES string of the molecule is COc1cc2oc3c(c2cc1/C(C)=C/C(=O)Nc1nc2ccccc2s1)CCCC3. The summed E-state index contributed by atoms with van der Waals surface area (Å²) >= 11 is 1.47. The van der Waals surface area contributed by atoms with E-state index in [1.807, 2.05) is 37.3 Å². The summed E-state index contributed by atoms with van der Waals surface area (Å²) in [5.41, 5.74) is 4.77. The van der Waals surface area contributed by atoms with Gasteiger partial charge in [-0.05, 0) is 50.0 Å². The van der Waals surface area contributed by atoms with Crippen LogP contribution in [0.4, 0.5) is 5.13 Å². The molecular weight excluding hydrogens is 396 g/mol. The Bertz CT molecular complexity index is 1270. The largest absolute Gasteiger partial charge is 0.496 e. The number of thiazole rings is 1. The van der Waals surface area contributed by atoms with E-state index in [4.69, 9.17) is 9.15 Å². The first-order chi connectivity index (χ1) is 14.6. The highest BCUT2D eigenvalue weighted by atomic mass is 32.1. The summed E-state index contributed by atoms with van der Waals surface area (Å²) in [5.74, 6) is 1.59. The van der Waals surface area contributed by atoms with Crippen molar-refractivity contribution >= 4 is 49.1 Å². The third kappa shape index (κ3) is 3.37. The molecular formula is C24H22N2O3S. The molecule has 0 bridgehead atoms. The van der Waals surface area contributed by atoms with Gasteiger partial charge in [-0.2, -0.15) is 0 Å². The number of hydrogen-bond donors (Lipinski definition) is 1. The van der Waals surface area contributed by atoms with Gasteiger partial charge in [0.1, 0.15) is 17.1 Å². The minimum atomic E-state index is -0.206. The van der Waals surface area contributed by atoms with Crippen molar-refractivity contribution in [3.8, 4) is 5.75 Å². The van der Waals surface area contributed by atoms with Crippen molar-refractivity contribution in [2.75, 3.05) is 12.4 Å². The number of amides is 1. The van der Waals surface area contributed by atoms with E-state index in [-0.39, 0.29) is 5.91 Å². The highest BCUT2D eigenvalue weighted by molar-refractivity contribution is 7.22. The van der Waals surface area contributed by atoms with Gasteiger partial charge >= 0.3 is 0 Å². The predicted molar refractivity (Wildman–Crippen MR) is 121 cm³/mol. The van der Waals surface area contributed by atoms with Crippen LogP contribution >= 0.6 is 11.3 Å². The number of allylic oxidation sites excluding steroid dienone is 1. The van der Waals surface area contributed by atoms with Gasteiger partial charge in [0.25, 0.3) is 0 Å². The minimum Gasteiger partial charge on any atom is -0.496 e. The number of aryl methyl sites for hydroxylation is 2. The average Bonchev–Trinajstić information content (AvgIpc) is 3.32. The first-order valence-electron chi connectivity index (χ1n) is 10.1. The number of anilines is 1. The van der Waals surface area contributed by atoms with Gasteiger partial charge in [-0.3, -0.25) is 10.1 Å². The van der Waals surface area contributed by atoms with E-state index >= 15 is 0 Å². The van der Waals surface area contributed by atoms with Gasteiger partial charge in [-0.1, -0.05) is 23.5 Å². The van der Waals surface area contributed by atoms with Crippen molar-refractivity contribution in [1.82, 2.24) is 4.98 Å². The first-order valence-corrected chi connectivity index (χ1v) is 10.9. The van der Waals surface area contributed by atoms with E-state index in [1.165, 1.54) is 29.7 Å². The number of methoxy groups -OCH3 is 1. The van der Waals surface area contributed by atoms with Crippen molar-refractivity contribution in [2.24, 2.45) is 0 Å². The maximum atomic E-state index is 12.6. The Morgan fingerprint density at radius 1 is 1.23 bits per heavy atom. The van der Waals surface area contributed by atoms with Crippen molar-refractivity contribution in [2.45, 2.75) is 32.6 Å². The van der Waals surface area contributed by atoms with Crippen LogP contribution in [0, 0.1) is 0 Å². The molecule has 0 spiro atoms. The van der Waals surface area contributed by atoms with E-state index in [1.54, 1.807) is 13.2 Å². The third-order valence-electron chi connectivity index (χ3n) is 5.57. The number of benzene rings is 2. The molecule has 0 atom stereocenters. The van der Waals surface area contributed by atoms with Crippen molar-refractivity contribution in [1.29, 1.82) is 0 Å². The Labute approximate surface area is 178 Å². The summed E-state index contributed by atoms with van der Waals surface area (Å²) in [7, 11) is 1.64. The van der Waals surface area contributed by atoms with Crippen molar-refractivity contribution in [3.63, 3.8) is 0 Å². The second-order valence-electron chi connectivity index (χ2n) is 7.56. The normalized spacial score (nSPS) is 14.1. The van der Waals surface area contributed by atoms with Crippen LogP contribution in [0.1, 0.15) is 36.7 Å². The Balaban J connectivity index is 1.47. The number of furan rings is 1. The lowest BCUT2D eigenvalue weighted by Gasteiger charge is -2.11. The van der Waals surface area contributed by atoms with Gasteiger partial charge in [0.2, 0.25) is 5.91 Å². The lowest BCUT2D eigenvalue weighted by atomic mass is 9.94. The molecule has 5 nitrogen and oxygen atoms in total. The summed E-state index contributed by atoms with van der Waals surface area (Å²) in [6.45, 7) is 1.92. The van der Waals surface area contributed by atoms with Crippen LogP contribution in [-0.2, 0) is 17.6 Å². The monoisotopic (exact) mass is 418 g/mol. The van der Waals surface area contributed by atoms with E-state index in [0.29, 0.717) is 10.9 Å². The van der Waals surface area contributed by atoms with Crippen LogP contribution in [0.15, 0.2) is 46.9 Å². The fraction of sp³-hybridized carbons (Fsp3) is 0.250. The Morgan fingerprint density at radius 2 is 2.07 bits per heavy atom. The molecule has 1 N–H and O–H groups in total.